The molecular weight excluding hydrogens is 214 g/mol. The highest BCUT2D eigenvalue weighted by Crippen LogP contribution is 2.18. The van der Waals surface area contributed by atoms with Crippen molar-refractivity contribution >= 4 is 5.91 Å². The fraction of sp³-hybridized carbons (Fsp3) is 0.923. The van der Waals surface area contributed by atoms with Gasteiger partial charge in [0.2, 0.25) is 5.91 Å². The zero-order valence-electron chi connectivity index (χ0n) is 11.1. The molecule has 0 saturated carbocycles. The van der Waals surface area contributed by atoms with E-state index in [1.807, 2.05) is 18.7 Å². The maximum atomic E-state index is 11.9. The highest BCUT2D eigenvalue weighted by Gasteiger charge is 2.28. The van der Waals surface area contributed by atoms with Crippen LogP contribution in [0.2, 0.25) is 0 Å². The third kappa shape index (κ3) is 3.19. The Labute approximate surface area is 104 Å². The number of carbonyl (C=O) groups excluding carboxylic acids is 1. The van der Waals surface area contributed by atoms with Crippen LogP contribution in [0.1, 0.15) is 26.7 Å². The van der Waals surface area contributed by atoms with Crippen molar-refractivity contribution in [3.63, 3.8) is 0 Å². The fourth-order valence-electron chi connectivity index (χ4n) is 2.86. The van der Waals surface area contributed by atoms with Crippen molar-refractivity contribution in [2.45, 2.75) is 32.7 Å². The van der Waals surface area contributed by atoms with Crippen LogP contribution in [-0.2, 0) is 4.79 Å². The SMILES string of the molecule is CC(C)C(=O)N1CCC(N2CCNCC2)CC1. The fourth-order valence-corrected chi connectivity index (χ4v) is 2.86. The van der Waals surface area contributed by atoms with Crippen molar-refractivity contribution in [2.24, 2.45) is 5.92 Å². The molecule has 1 amide bonds. The largest absolute Gasteiger partial charge is 0.342 e. The Morgan fingerprint density at radius 3 is 2.24 bits per heavy atom. The molecule has 4 heteroatoms. The zero-order chi connectivity index (χ0) is 12.3. The average molecular weight is 239 g/mol. The maximum Gasteiger partial charge on any atom is 0.225 e. The Morgan fingerprint density at radius 1 is 1.12 bits per heavy atom. The van der Waals surface area contributed by atoms with E-state index < -0.39 is 0 Å². The van der Waals surface area contributed by atoms with E-state index in [1.54, 1.807) is 0 Å². The molecule has 0 unspecified atom stereocenters. The number of amides is 1. The molecule has 0 aromatic heterocycles. The maximum absolute atomic E-state index is 11.9. The predicted molar refractivity (Wildman–Crippen MR) is 68.9 cm³/mol. The van der Waals surface area contributed by atoms with E-state index in [2.05, 4.69) is 10.2 Å². The van der Waals surface area contributed by atoms with Crippen molar-refractivity contribution in [1.29, 1.82) is 0 Å². The number of piperidine rings is 1. The van der Waals surface area contributed by atoms with Crippen LogP contribution in [-0.4, -0.2) is 61.0 Å². The second kappa shape index (κ2) is 5.83. The number of nitrogens with zero attached hydrogens (tertiary/aromatic N) is 2. The Balaban J connectivity index is 1.79. The summed E-state index contributed by atoms with van der Waals surface area (Å²) < 4.78 is 0. The van der Waals surface area contributed by atoms with E-state index in [1.165, 1.54) is 13.1 Å². The van der Waals surface area contributed by atoms with E-state index in [4.69, 9.17) is 0 Å². The molecule has 4 nitrogen and oxygen atoms in total. The molecule has 0 aromatic carbocycles. The van der Waals surface area contributed by atoms with E-state index in [0.717, 1.165) is 39.0 Å². The number of nitrogens with one attached hydrogen (secondary N) is 1. The van der Waals surface area contributed by atoms with Crippen LogP contribution < -0.4 is 5.32 Å². The summed E-state index contributed by atoms with van der Waals surface area (Å²) in [6.45, 7) is 10.5. The van der Waals surface area contributed by atoms with Gasteiger partial charge in [-0.25, -0.2) is 0 Å². The zero-order valence-corrected chi connectivity index (χ0v) is 11.1. The predicted octanol–water partition coefficient (Wildman–Crippen LogP) is 0.539. The van der Waals surface area contributed by atoms with Gasteiger partial charge < -0.3 is 10.2 Å². The lowest BCUT2D eigenvalue weighted by Gasteiger charge is -2.40. The summed E-state index contributed by atoms with van der Waals surface area (Å²) >= 11 is 0. The van der Waals surface area contributed by atoms with Crippen LogP contribution in [0, 0.1) is 5.92 Å². The molecule has 17 heavy (non-hydrogen) atoms. The molecule has 0 bridgehead atoms. The third-order valence-electron chi connectivity index (χ3n) is 3.94. The molecule has 2 aliphatic rings. The second-order valence-corrected chi connectivity index (χ2v) is 5.50. The second-order valence-electron chi connectivity index (χ2n) is 5.50. The summed E-state index contributed by atoms with van der Waals surface area (Å²) in [6, 6.07) is 0.702. The standard InChI is InChI=1S/C13H25N3O/c1-11(2)13(17)16-7-3-12(4-8-16)15-9-5-14-6-10-15/h11-12,14H,3-10H2,1-2H3. The highest BCUT2D eigenvalue weighted by atomic mass is 16.2. The van der Waals surface area contributed by atoms with Crippen LogP contribution in [0.15, 0.2) is 0 Å². The number of likely N-dealkylation sites (tertiary alicyclic amines) is 1. The summed E-state index contributed by atoms with van der Waals surface area (Å²) in [5, 5.41) is 3.39. The van der Waals surface area contributed by atoms with Crippen molar-refractivity contribution in [1.82, 2.24) is 15.1 Å². The Hall–Kier alpha value is -0.610. The van der Waals surface area contributed by atoms with E-state index in [-0.39, 0.29) is 5.92 Å². The molecule has 0 atom stereocenters. The first-order chi connectivity index (χ1) is 8.18. The van der Waals surface area contributed by atoms with Crippen LogP contribution in [0.4, 0.5) is 0 Å². The molecule has 98 valence electrons. The normalized spacial score (nSPS) is 24.3. The molecular formula is C13H25N3O. The molecule has 2 aliphatic heterocycles. The number of rotatable bonds is 2. The molecule has 0 aliphatic carbocycles. The van der Waals surface area contributed by atoms with E-state index in [0.29, 0.717) is 11.9 Å². The third-order valence-corrected chi connectivity index (χ3v) is 3.94. The summed E-state index contributed by atoms with van der Waals surface area (Å²) in [6.07, 6.45) is 2.30. The molecule has 1 N–H and O–H groups in total. The van der Waals surface area contributed by atoms with E-state index >= 15 is 0 Å². The van der Waals surface area contributed by atoms with Gasteiger partial charge in [-0.3, -0.25) is 9.69 Å². The van der Waals surface area contributed by atoms with Gasteiger partial charge in [-0.2, -0.15) is 0 Å². The van der Waals surface area contributed by atoms with Crippen LogP contribution >= 0.6 is 0 Å². The Bertz CT molecular complexity index is 253. The minimum Gasteiger partial charge on any atom is -0.342 e. The Kier molecular flexibility index (Phi) is 4.40. The van der Waals surface area contributed by atoms with Gasteiger partial charge in [0, 0.05) is 51.2 Å². The van der Waals surface area contributed by atoms with Crippen LogP contribution in [0.25, 0.3) is 0 Å². The first kappa shape index (κ1) is 12.8. The van der Waals surface area contributed by atoms with Gasteiger partial charge in [-0.1, -0.05) is 13.8 Å². The minimum absolute atomic E-state index is 0.144. The number of hydrogen-bond donors (Lipinski definition) is 1. The van der Waals surface area contributed by atoms with Gasteiger partial charge in [0.15, 0.2) is 0 Å². The quantitative estimate of drug-likeness (QED) is 0.764. The minimum atomic E-state index is 0.144. The molecule has 2 heterocycles. The van der Waals surface area contributed by atoms with Gasteiger partial charge in [-0.15, -0.1) is 0 Å². The first-order valence-electron chi connectivity index (χ1n) is 6.92. The lowest BCUT2D eigenvalue weighted by atomic mass is 10.0. The molecule has 0 radical (unpaired) electrons. The lowest BCUT2D eigenvalue weighted by molar-refractivity contribution is -0.136. The monoisotopic (exact) mass is 239 g/mol. The smallest absolute Gasteiger partial charge is 0.225 e. The van der Waals surface area contributed by atoms with Crippen LogP contribution in [0.5, 0.6) is 0 Å². The van der Waals surface area contributed by atoms with Crippen molar-refractivity contribution < 1.29 is 4.79 Å². The molecule has 2 rings (SSSR count). The van der Waals surface area contributed by atoms with Gasteiger partial charge >= 0.3 is 0 Å². The number of carbonyl (C=O) groups is 1. The van der Waals surface area contributed by atoms with Gasteiger partial charge in [0.25, 0.3) is 0 Å². The summed E-state index contributed by atoms with van der Waals surface area (Å²) in [7, 11) is 0. The summed E-state index contributed by atoms with van der Waals surface area (Å²) in [4.78, 5) is 16.5. The van der Waals surface area contributed by atoms with Crippen molar-refractivity contribution in [3.05, 3.63) is 0 Å². The number of hydrogen-bond acceptors (Lipinski definition) is 3. The molecule has 2 fully saturated rings. The first-order valence-corrected chi connectivity index (χ1v) is 6.92. The van der Waals surface area contributed by atoms with E-state index in [9.17, 15) is 4.79 Å². The van der Waals surface area contributed by atoms with Crippen molar-refractivity contribution in [3.8, 4) is 0 Å². The summed E-state index contributed by atoms with van der Waals surface area (Å²) in [5.74, 6) is 0.467. The van der Waals surface area contributed by atoms with Gasteiger partial charge in [0.05, 0.1) is 0 Å². The van der Waals surface area contributed by atoms with Crippen LogP contribution in [0.3, 0.4) is 0 Å². The van der Waals surface area contributed by atoms with Crippen molar-refractivity contribution in [2.75, 3.05) is 39.3 Å². The topological polar surface area (TPSA) is 35.6 Å². The van der Waals surface area contributed by atoms with Gasteiger partial charge in [0.1, 0.15) is 0 Å². The number of piperazine rings is 1. The highest BCUT2D eigenvalue weighted by molar-refractivity contribution is 5.78. The molecule has 0 spiro atoms. The lowest BCUT2D eigenvalue weighted by Crippen LogP contribution is -2.53. The Morgan fingerprint density at radius 2 is 1.71 bits per heavy atom. The average Bonchev–Trinajstić information content (AvgIpc) is 2.39. The molecule has 0 aromatic rings. The summed E-state index contributed by atoms with van der Waals surface area (Å²) in [5.41, 5.74) is 0. The molecule has 2 saturated heterocycles. The van der Waals surface area contributed by atoms with Gasteiger partial charge in [-0.05, 0) is 12.8 Å².